The molecule has 9 aromatic carbocycles. The quantitative estimate of drug-likeness (QED) is 0.133. The monoisotopic (exact) mass is 801 g/mol. The molecule has 2 heteroatoms. The number of nitrogens with zero attached hydrogens (tertiary/aromatic N) is 1. The Morgan fingerprint density at radius 2 is 0.984 bits per heavy atom. The van der Waals surface area contributed by atoms with Gasteiger partial charge in [-0.25, -0.2) is 0 Å². The van der Waals surface area contributed by atoms with E-state index >= 15 is 0 Å². The standard InChI is InChI=1S/C59H47NS/c1-3-35-59(36-4-2)52-38-43(42-31-33-45(40-19-8-5-9-20-40)51(37-42)41-21-10-6-11-22-41)32-34-50(52)57-48-27-15-14-25-46(48)55(39-53(57)59)60(44-23-12-7-13-24-44)54-29-18-28-49-47-26-16-17-30-56(47)61-58(49)54/h5-34,37-39H,3-4,35-36H2,1-2H3. The lowest BCUT2D eigenvalue weighted by atomic mass is 9.71. The van der Waals surface area contributed by atoms with E-state index in [1.165, 1.54) is 104 Å². The molecule has 0 spiro atoms. The Bertz CT molecular complexity index is 3210. The lowest BCUT2D eigenvalue weighted by molar-refractivity contribution is 0.436. The first kappa shape index (κ1) is 37.3. The molecule has 0 N–H and O–H groups in total. The molecule has 294 valence electrons. The van der Waals surface area contributed by atoms with Gasteiger partial charge in [0.15, 0.2) is 0 Å². The largest absolute Gasteiger partial charge is 0.308 e. The fraction of sp³-hybridized carbons (Fsp3) is 0.119. The van der Waals surface area contributed by atoms with Crippen LogP contribution in [0, 0.1) is 0 Å². The lowest BCUT2D eigenvalue weighted by Gasteiger charge is -2.34. The molecule has 0 saturated carbocycles. The van der Waals surface area contributed by atoms with Gasteiger partial charge < -0.3 is 4.90 Å². The number of rotatable bonds is 10. The minimum Gasteiger partial charge on any atom is -0.308 e. The van der Waals surface area contributed by atoms with Crippen molar-refractivity contribution in [3.63, 3.8) is 0 Å². The number of hydrogen-bond acceptors (Lipinski definition) is 2. The summed E-state index contributed by atoms with van der Waals surface area (Å²) in [7, 11) is 0. The van der Waals surface area contributed by atoms with Crippen LogP contribution in [0.2, 0.25) is 0 Å². The number of fused-ring (bicyclic) bond motifs is 8. The molecule has 1 aromatic heterocycles. The minimum atomic E-state index is -0.138. The van der Waals surface area contributed by atoms with Gasteiger partial charge in [-0.2, -0.15) is 0 Å². The second-order valence-electron chi connectivity index (χ2n) is 16.6. The van der Waals surface area contributed by atoms with Crippen molar-refractivity contribution in [1.29, 1.82) is 0 Å². The van der Waals surface area contributed by atoms with E-state index in [2.05, 4.69) is 219 Å². The molecule has 0 amide bonds. The van der Waals surface area contributed by atoms with Gasteiger partial charge in [0.25, 0.3) is 0 Å². The molecular weight excluding hydrogens is 755 g/mol. The van der Waals surface area contributed by atoms with Gasteiger partial charge in [-0.05, 0) is 116 Å². The average Bonchev–Trinajstić information content (AvgIpc) is 3.83. The van der Waals surface area contributed by atoms with E-state index in [1.54, 1.807) is 0 Å². The van der Waals surface area contributed by atoms with Gasteiger partial charge in [0.05, 0.1) is 16.1 Å². The maximum atomic E-state index is 2.60. The van der Waals surface area contributed by atoms with E-state index in [4.69, 9.17) is 0 Å². The Hall–Kier alpha value is -6.74. The summed E-state index contributed by atoms with van der Waals surface area (Å²) in [6.45, 7) is 4.74. The van der Waals surface area contributed by atoms with E-state index in [1.807, 2.05) is 11.3 Å². The molecule has 0 radical (unpaired) electrons. The summed E-state index contributed by atoms with van der Waals surface area (Å²) in [4.78, 5) is 2.55. The van der Waals surface area contributed by atoms with Gasteiger partial charge in [0.2, 0.25) is 0 Å². The Balaban J connectivity index is 1.14. The van der Waals surface area contributed by atoms with E-state index in [0.29, 0.717) is 0 Å². The maximum Gasteiger partial charge on any atom is 0.0640 e. The summed E-state index contributed by atoms with van der Waals surface area (Å²) in [5.41, 5.74) is 16.7. The molecule has 1 aliphatic carbocycles. The maximum absolute atomic E-state index is 2.60. The molecule has 1 aliphatic rings. The summed E-state index contributed by atoms with van der Waals surface area (Å²) in [6.07, 6.45) is 4.36. The summed E-state index contributed by atoms with van der Waals surface area (Å²) < 4.78 is 2.63. The summed E-state index contributed by atoms with van der Waals surface area (Å²) in [6, 6.07) is 74.7. The van der Waals surface area contributed by atoms with Gasteiger partial charge in [-0.15, -0.1) is 11.3 Å². The predicted octanol–water partition coefficient (Wildman–Crippen LogP) is 17.5. The molecule has 0 bridgehead atoms. The van der Waals surface area contributed by atoms with Gasteiger partial charge in [-0.1, -0.05) is 184 Å². The first-order valence-electron chi connectivity index (χ1n) is 21.9. The zero-order chi connectivity index (χ0) is 40.9. The molecule has 0 aliphatic heterocycles. The normalized spacial score (nSPS) is 12.8. The topological polar surface area (TPSA) is 3.24 Å². The fourth-order valence-electron chi connectivity index (χ4n) is 10.6. The predicted molar refractivity (Wildman–Crippen MR) is 264 cm³/mol. The van der Waals surface area contributed by atoms with Crippen molar-refractivity contribution in [1.82, 2.24) is 0 Å². The second-order valence-corrected chi connectivity index (χ2v) is 17.7. The first-order valence-corrected chi connectivity index (χ1v) is 22.7. The third-order valence-electron chi connectivity index (χ3n) is 13.1. The van der Waals surface area contributed by atoms with E-state index in [-0.39, 0.29) is 5.41 Å². The summed E-state index contributed by atoms with van der Waals surface area (Å²) in [5, 5.41) is 5.22. The van der Waals surface area contributed by atoms with Crippen LogP contribution in [-0.2, 0) is 5.41 Å². The molecule has 61 heavy (non-hydrogen) atoms. The second kappa shape index (κ2) is 15.4. The number of para-hydroxylation sites is 1. The highest BCUT2D eigenvalue weighted by Crippen LogP contribution is 2.59. The highest BCUT2D eigenvalue weighted by atomic mass is 32.1. The van der Waals surface area contributed by atoms with Crippen LogP contribution in [0.15, 0.2) is 200 Å². The average molecular weight is 802 g/mol. The molecule has 0 saturated heterocycles. The van der Waals surface area contributed by atoms with Crippen molar-refractivity contribution < 1.29 is 0 Å². The molecule has 1 nitrogen and oxygen atoms in total. The fourth-order valence-corrected chi connectivity index (χ4v) is 11.8. The van der Waals surface area contributed by atoms with Gasteiger partial charge in [0.1, 0.15) is 0 Å². The zero-order valence-electron chi connectivity index (χ0n) is 34.7. The smallest absolute Gasteiger partial charge is 0.0640 e. The summed E-state index contributed by atoms with van der Waals surface area (Å²) >= 11 is 1.90. The van der Waals surface area contributed by atoms with Crippen molar-refractivity contribution in [3.8, 4) is 44.5 Å². The van der Waals surface area contributed by atoms with Crippen molar-refractivity contribution in [3.05, 3.63) is 211 Å². The van der Waals surface area contributed by atoms with Crippen LogP contribution in [0.5, 0.6) is 0 Å². The Kier molecular flexibility index (Phi) is 9.40. The Morgan fingerprint density at radius 1 is 0.410 bits per heavy atom. The molecular formula is C59H47NS. The minimum absolute atomic E-state index is 0.138. The van der Waals surface area contributed by atoms with Crippen LogP contribution >= 0.6 is 11.3 Å². The van der Waals surface area contributed by atoms with Crippen molar-refractivity contribution >= 4 is 59.3 Å². The van der Waals surface area contributed by atoms with E-state index in [0.717, 1.165) is 25.7 Å². The van der Waals surface area contributed by atoms with Gasteiger partial charge >= 0.3 is 0 Å². The van der Waals surface area contributed by atoms with Crippen LogP contribution in [0.1, 0.15) is 50.7 Å². The third kappa shape index (κ3) is 6.12. The number of hydrogen-bond donors (Lipinski definition) is 0. The number of benzene rings is 9. The first-order chi connectivity index (χ1) is 30.2. The van der Waals surface area contributed by atoms with Crippen molar-refractivity contribution in [2.45, 2.75) is 44.9 Å². The van der Waals surface area contributed by atoms with Gasteiger partial charge in [-0.3, -0.25) is 0 Å². The van der Waals surface area contributed by atoms with Crippen molar-refractivity contribution in [2.75, 3.05) is 4.90 Å². The number of thiophene rings is 1. The van der Waals surface area contributed by atoms with E-state index in [9.17, 15) is 0 Å². The third-order valence-corrected chi connectivity index (χ3v) is 14.3. The molecule has 1 heterocycles. The van der Waals surface area contributed by atoms with Crippen LogP contribution in [-0.4, -0.2) is 0 Å². The molecule has 0 atom stereocenters. The van der Waals surface area contributed by atoms with Crippen LogP contribution in [0.25, 0.3) is 75.5 Å². The zero-order valence-corrected chi connectivity index (χ0v) is 35.6. The molecule has 10 aromatic rings. The van der Waals surface area contributed by atoms with Crippen LogP contribution < -0.4 is 4.90 Å². The molecule has 0 fully saturated rings. The van der Waals surface area contributed by atoms with Crippen LogP contribution in [0.4, 0.5) is 17.1 Å². The Morgan fingerprint density at radius 3 is 1.69 bits per heavy atom. The lowest BCUT2D eigenvalue weighted by Crippen LogP contribution is -2.25. The SMILES string of the molecule is CCCC1(CCC)c2cc(-c3ccc(-c4ccccc4)c(-c4ccccc4)c3)ccc2-c2c1cc(N(c1ccccc1)c1cccc3c1sc1ccccc13)c1ccccc21. The Labute approximate surface area is 363 Å². The highest BCUT2D eigenvalue weighted by molar-refractivity contribution is 7.26. The summed E-state index contributed by atoms with van der Waals surface area (Å²) in [5.74, 6) is 0. The molecule has 11 rings (SSSR count). The number of anilines is 3. The highest BCUT2D eigenvalue weighted by Gasteiger charge is 2.43. The van der Waals surface area contributed by atoms with Crippen LogP contribution in [0.3, 0.4) is 0 Å². The van der Waals surface area contributed by atoms with Gasteiger partial charge in [0, 0.05) is 32.0 Å². The molecule has 0 unspecified atom stereocenters. The van der Waals surface area contributed by atoms with Crippen molar-refractivity contribution in [2.24, 2.45) is 0 Å². The van der Waals surface area contributed by atoms with E-state index < -0.39 is 0 Å².